The van der Waals surface area contributed by atoms with Gasteiger partial charge in [0.15, 0.2) is 0 Å². The summed E-state index contributed by atoms with van der Waals surface area (Å²) in [4.78, 5) is 11.3. The molecule has 0 bridgehead atoms. The van der Waals surface area contributed by atoms with Crippen LogP contribution in [0.1, 0.15) is 0 Å². The Morgan fingerprint density at radius 2 is 1.95 bits per heavy atom. The van der Waals surface area contributed by atoms with Crippen LogP contribution in [-0.4, -0.2) is 28.6 Å². The van der Waals surface area contributed by atoms with Crippen LogP contribution in [0.2, 0.25) is 0 Å². The molecule has 0 atom stereocenters. The summed E-state index contributed by atoms with van der Waals surface area (Å²) in [6.07, 6.45) is 1.27. The minimum atomic E-state index is -3.76. The van der Waals surface area contributed by atoms with Crippen LogP contribution in [0, 0.1) is 0 Å². The zero-order valence-electron chi connectivity index (χ0n) is 10.4. The van der Waals surface area contributed by atoms with Gasteiger partial charge in [-0.1, -0.05) is 0 Å². The lowest BCUT2D eigenvalue weighted by Gasteiger charge is -2.06. The van der Waals surface area contributed by atoms with Gasteiger partial charge >= 0.3 is 5.69 Å². The predicted octanol–water partition coefficient (Wildman–Crippen LogP) is 0.349. The van der Waals surface area contributed by atoms with Crippen molar-refractivity contribution in [2.75, 3.05) is 4.72 Å². The number of H-pyrrole nitrogens is 1. The zero-order valence-corrected chi connectivity index (χ0v) is 11.2. The van der Waals surface area contributed by atoms with Gasteiger partial charge in [0.25, 0.3) is 10.0 Å². The maximum Gasteiger partial charge on any atom is 0.365 e. The molecule has 9 nitrogen and oxygen atoms in total. The molecule has 2 heterocycles. The second kappa shape index (κ2) is 4.90. The normalized spacial score (nSPS) is 11.4. The number of hydrogen-bond donors (Lipinski definition) is 2. The maximum atomic E-state index is 11.9. The van der Waals surface area contributed by atoms with Gasteiger partial charge in [-0.3, -0.25) is 4.72 Å². The molecule has 0 aliphatic carbocycles. The third-order valence-electron chi connectivity index (χ3n) is 2.60. The van der Waals surface area contributed by atoms with Gasteiger partial charge in [0.2, 0.25) is 5.09 Å². The van der Waals surface area contributed by atoms with Crippen molar-refractivity contribution in [1.82, 2.24) is 20.2 Å². The van der Waals surface area contributed by atoms with Gasteiger partial charge in [0.1, 0.15) is 0 Å². The van der Waals surface area contributed by atoms with Crippen LogP contribution < -0.4 is 10.4 Å². The Balaban J connectivity index is 1.86. The van der Waals surface area contributed by atoms with Gasteiger partial charge in [-0.2, -0.15) is 13.1 Å². The van der Waals surface area contributed by atoms with Crippen molar-refractivity contribution in [2.24, 2.45) is 0 Å². The van der Waals surface area contributed by atoms with Crippen molar-refractivity contribution in [1.29, 1.82) is 0 Å². The minimum Gasteiger partial charge on any atom is -0.451 e. The smallest absolute Gasteiger partial charge is 0.365 e. The lowest BCUT2D eigenvalue weighted by atomic mass is 10.3. The van der Waals surface area contributed by atoms with Crippen molar-refractivity contribution in [3.8, 4) is 5.69 Å². The van der Waals surface area contributed by atoms with Gasteiger partial charge in [0.05, 0.1) is 12.0 Å². The molecule has 0 aliphatic heterocycles. The summed E-state index contributed by atoms with van der Waals surface area (Å²) in [5, 5.41) is 8.92. The summed E-state index contributed by atoms with van der Waals surface area (Å²) in [5.74, 6) is 0. The number of aromatic amines is 1. The van der Waals surface area contributed by atoms with E-state index >= 15 is 0 Å². The van der Waals surface area contributed by atoms with E-state index in [2.05, 4.69) is 20.2 Å². The Labute approximate surface area is 118 Å². The van der Waals surface area contributed by atoms with Crippen LogP contribution in [0.3, 0.4) is 0 Å². The van der Waals surface area contributed by atoms with E-state index in [0.717, 1.165) is 4.68 Å². The zero-order chi connectivity index (χ0) is 14.9. The summed E-state index contributed by atoms with van der Waals surface area (Å²) >= 11 is 0. The van der Waals surface area contributed by atoms with Crippen molar-refractivity contribution in [2.45, 2.75) is 5.09 Å². The molecule has 0 fully saturated rings. The first-order valence-corrected chi connectivity index (χ1v) is 7.22. The average Bonchev–Trinajstić information content (AvgIpc) is 3.10. The highest BCUT2D eigenvalue weighted by Crippen LogP contribution is 2.17. The molecular formula is C11H9N5O4S. The second-order valence-corrected chi connectivity index (χ2v) is 5.62. The van der Waals surface area contributed by atoms with E-state index in [1.807, 2.05) is 0 Å². The SMILES string of the molecule is O=c1[nH]nnn1-c1ccc(NS(=O)(=O)c2ccco2)cc1. The van der Waals surface area contributed by atoms with Crippen LogP contribution >= 0.6 is 0 Å². The molecule has 21 heavy (non-hydrogen) atoms. The number of tetrazole rings is 1. The number of hydrogen-bond acceptors (Lipinski definition) is 6. The van der Waals surface area contributed by atoms with Crippen LogP contribution in [-0.2, 0) is 10.0 Å². The number of nitrogens with zero attached hydrogens (tertiary/aromatic N) is 3. The quantitative estimate of drug-likeness (QED) is 0.717. The highest BCUT2D eigenvalue weighted by atomic mass is 32.2. The Bertz CT molecular complexity index is 893. The van der Waals surface area contributed by atoms with E-state index in [9.17, 15) is 13.2 Å². The number of furan rings is 1. The molecule has 0 radical (unpaired) electrons. The number of rotatable bonds is 4. The second-order valence-electron chi connectivity index (χ2n) is 4.00. The van der Waals surface area contributed by atoms with E-state index in [4.69, 9.17) is 4.42 Å². The molecule has 3 aromatic rings. The molecule has 0 spiro atoms. The topological polar surface area (TPSA) is 123 Å². The van der Waals surface area contributed by atoms with Crippen LogP contribution in [0.4, 0.5) is 5.69 Å². The third kappa shape index (κ3) is 2.56. The van der Waals surface area contributed by atoms with Gasteiger partial charge in [-0.05, 0) is 46.8 Å². The van der Waals surface area contributed by atoms with Gasteiger partial charge in [-0.15, -0.1) is 0 Å². The minimum absolute atomic E-state index is 0.181. The highest BCUT2D eigenvalue weighted by Gasteiger charge is 2.17. The molecule has 3 rings (SSSR count). The van der Waals surface area contributed by atoms with Gasteiger partial charge in [-0.25, -0.2) is 9.89 Å². The van der Waals surface area contributed by atoms with E-state index in [1.54, 1.807) is 0 Å². The molecule has 0 saturated carbocycles. The number of nitrogens with one attached hydrogen (secondary N) is 2. The third-order valence-corrected chi connectivity index (χ3v) is 3.86. The number of anilines is 1. The van der Waals surface area contributed by atoms with Crippen molar-refractivity contribution in [3.05, 3.63) is 53.1 Å². The van der Waals surface area contributed by atoms with Gasteiger partial charge in [0, 0.05) is 5.69 Å². The Hall–Kier alpha value is -2.88. The van der Waals surface area contributed by atoms with E-state index in [0.29, 0.717) is 11.4 Å². The average molecular weight is 307 g/mol. The molecule has 0 amide bonds. The summed E-state index contributed by atoms with van der Waals surface area (Å²) in [5.41, 5.74) is 0.292. The first-order chi connectivity index (χ1) is 10.1. The summed E-state index contributed by atoms with van der Waals surface area (Å²) in [6.45, 7) is 0. The lowest BCUT2D eigenvalue weighted by molar-refractivity contribution is 0.452. The highest BCUT2D eigenvalue weighted by molar-refractivity contribution is 7.92. The van der Waals surface area contributed by atoms with Crippen molar-refractivity contribution < 1.29 is 12.8 Å². The molecule has 1 aromatic carbocycles. The van der Waals surface area contributed by atoms with Crippen molar-refractivity contribution in [3.63, 3.8) is 0 Å². The first-order valence-electron chi connectivity index (χ1n) is 5.73. The molecular weight excluding hydrogens is 298 g/mol. The number of benzene rings is 1. The summed E-state index contributed by atoms with van der Waals surface area (Å²) in [7, 11) is -3.76. The van der Waals surface area contributed by atoms with Gasteiger partial charge < -0.3 is 4.42 Å². The molecule has 0 aliphatic rings. The molecule has 108 valence electrons. The first kappa shape index (κ1) is 13.1. The lowest BCUT2D eigenvalue weighted by Crippen LogP contribution is -2.16. The molecule has 2 N–H and O–H groups in total. The Morgan fingerprint density at radius 1 is 1.19 bits per heavy atom. The van der Waals surface area contributed by atoms with E-state index < -0.39 is 15.7 Å². The number of aromatic nitrogens is 4. The fourth-order valence-corrected chi connectivity index (χ4v) is 2.65. The summed E-state index contributed by atoms with van der Waals surface area (Å²) < 4.78 is 32.1. The molecule has 0 unspecified atom stereocenters. The van der Waals surface area contributed by atoms with Crippen molar-refractivity contribution >= 4 is 15.7 Å². The van der Waals surface area contributed by atoms with Crippen LogP contribution in [0.25, 0.3) is 5.69 Å². The summed E-state index contributed by atoms with van der Waals surface area (Å²) in [6, 6.07) is 8.88. The number of sulfonamides is 1. The largest absolute Gasteiger partial charge is 0.451 e. The molecule has 10 heteroatoms. The fraction of sp³-hybridized carbons (Fsp3) is 0. The predicted molar refractivity (Wildman–Crippen MR) is 71.5 cm³/mol. The molecule has 2 aromatic heterocycles. The fourth-order valence-electron chi connectivity index (χ4n) is 1.66. The Morgan fingerprint density at radius 3 is 2.52 bits per heavy atom. The standard InChI is InChI=1S/C11H9N5O4S/c17-11-12-14-15-16(11)9-5-3-8(4-6-9)13-21(18,19)10-2-1-7-20-10/h1-7,13H,(H,12,15,17). The van der Waals surface area contributed by atoms with Crippen LogP contribution in [0.15, 0.2) is 57.0 Å². The monoisotopic (exact) mass is 307 g/mol. The Kier molecular flexibility index (Phi) is 3.06. The maximum absolute atomic E-state index is 11.9. The van der Waals surface area contributed by atoms with E-state index in [1.165, 1.54) is 42.7 Å². The molecule has 0 saturated heterocycles. The van der Waals surface area contributed by atoms with E-state index in [-0.39, 0.29) is 5.09 Å². The van der Waals surface area contributed by atoms with Crippen LogP contribution in [0.5, 0.6) is 0 Å².